The first-order valence-electron chi connectivity index (χ1n) is 8.04. The summed E-state index contributed by atoms with van der Waals surface area (Å²) in [6.07, 6.45) is 6.32. The van der Waals surface area contributed by atoms with Crippen LogP contribution in [0.2, 0.25) is 0 Å². The normalized spacial score (nSPS) is 26.8. The summed E-state index contributed by atoms with van der Waals surface area (Å²) in [7, 11) is 0. The molecule has 1 amide bonds. The molecule has 2 aliphatic rings. The van der Waals surface area contributed by atoms with E-state index in [-0.39, 0.29) is 11.9 Å². The van der Waals surface area contributed by atoms with Crippen molar-refractivity contribution in [1.29, 1.82) is 0 Å². The van der Waals surface area contributed by atoms with E-state index in [2.05, 4.69) is 15.5 Å². The van der Waals surface area contributed by atoms with Crippen LogP contribution in [-0.4, -0.2) is 46.6 Å². The van der Waals surface area contributed by atoms with Crippen molar-refractivity contribution in [3.63, 3.8) is 0 Å². The zero-order valence-electron chi connectivity index (χ0n) is 12.7. The summed E-state index contributed by atoms with van der Waals surface area (Å²) in [5, 5.41) is 7.32. The first-order chi connectivity index (χ1) is 10.2. The highest BCUT2D eigenvalue weighted by Gasteiger charge is 2.30. The standard InChI is InChI=1S/C15H24N4O2/c1-11-17-14(18-21-11)9-12-5-4-8-19(10-12)15(20)13-6-2-3-7-16-13/h12-13,16H,2-10H2,1H3/t12-,13-/m0/s1. The fraction of sp³-hybridized carbons (Fsp3) is 0.800. The van der Waals surface area contributed by atoms with Crippen LogP contribution in [0.5, 0.6) is 0 Å². The molecule has 0 radical (unpaired) electrons. The molecule has 6 heteroatoms. The lowest BCUT2D eigenvalue weighted by molar-refractivity contribution is -0.135. The lowest BCUT2D eigenvalue weighted by Gasteiger charge is -2.35. The number of rotatable bonds is 3. The van der Waals surface area contributed by atoms with Gasteiger partial charge in [-0.3, -0.25) is 4.79 Å². The van der Waals surface area contributed by atoms with Gasteiger partial charge in [-0.25, -0.2) is 0 Å². The lowest BCUT2D eigenvalue weighted by atomic mass is 9.93. The van der Waals surface area contributed by atoms with E-state index < -0.39 is 0 Å². The molecule has 2 aliphatic heterocycles. The maximum absolute atomic E-state index is 12.6. The molecule has 0 aliphatic carbocycles. The highest BCUT2D eigenvalue weighted by Crippen LogP contribution is 2.21. The Hall–Kier alpha value is -1.43. The highest BCUT2D eigenvalue weighted by atomic mass is 16.5. The van der Waals surface area contributed by atoms with Crippen molar-refractivity contribution in [3.05, 3.63) is 11.7 Å². The van der Waals surface area contributed by atoms with E-state index in [0.29, 0.717) is 11.8 Å². The number of nitrogens with one attached hydrogen (secondary N) is 1. The number of aryl methyl sites for hydroxylation is 1. The molecule has 0 aromatic carbocycles. The minimum atomic E-state index is 0.0323. The van der Waals surface area contributed by atoms with Crippen LogP contribution in [0, 0.1) is 12.8 Å². The van der Waals surface area contributed by atoms with E-state index in [1.54, 1.807) is 0 Å². The van der Waals surface area contributed by atoms with E-state index in [1.807, 2.05) is 11.8 Å². The molecule has 1 aromatic rings. The van der Waals surface area contributed by atoms with Gasteiger partial charge in [-0.05, 0) is 38.1 Å². The summed E-state index contributed by atoms with van der Waals surface area (Å²) >= 11 is 0. The van der Waals surface area contributed by atoms with Crippen LogP contribution >= 0.6 is 0 Å². The summed E-state index contributed by atoms with van der Waals surface area (Å²) in [5.74, 6) is 2.11. The van der Waals surface area contributed by atoms with Gasteiger partial charge in [0.2, 0.25) is 11.8 Å². The third-order valence-corrected chi connectivity index (χ3v) is 4.48. The third kappa shape index (κ3) is 3.61. The molecule has 3 rings (SSSR count). The van der Waals surface area contributed by atoms with Crippen molar-refractivity contribution < 1.29 is 9.32 Å². The Kier molecular flexibility index (Phi) is 4.53. The molecular formula is C15H24N4O2. The Bertz CT molecular complexity index is 482. The van der Waals surface area contributed by atoms with Gasteiger partial charge in [0.25, 0.3) is 0 Å². The van der Waals surface area contributed by atoms with Crippen LogP contribution in [0.1, 0.15) is 43.8 Å². The number of nitrogens with zero attached hydrogens (tertiary/aromatic N) is 3. The second kappa shape index (κ2) is 6.56. The van der Waals surface area contributed by atoms with Gasteiger partial charge in [0, 0.05) is 26.4 Å². The van der Waals surface area contributed by atoms with Gasteiger partial charge in [0.1, 0.15) is 0 Å². The van der Waals surface area contributed by atoms with Crippen LogP contribution in [0.25, 0.3) is 0 Å². The van der Waals surface area contributed by atoms with Gasteiger partial charge >= 0.3 is 0 Å². The molecule has 0 unspecified atom stereocenters. The fourth-order valence-corrected chi connectivity index (χ4v) is 3.40. The summed E-state index contributed by atoms with van der Waals surface area (Å²) in [4.78, 5) is 18.9. The van der Waals surface area contributed by atoms with Gasteiger partial charge in [0.05, 0.1) is 6.04 Å². The molecule has 0 spiro atoms. The monoisotopic (exact) mass is 292 g/mol. The SMILES string of the molecule is Cc1nc(C[C@@H]2CCCN(C(=O)[C@@H]3CCCCN3)C2)no1. The number of likely N-dealkylation sites (tertiary alicyclic amines) is 1. The molecule has 116 valence electrons. The second-order valence-corrected chi connectivity index (χ2v) is 6.23. The average molecular weight is 292 g/mol. The van der Waals surface area contributed by atoms with Gasteiger partial charge < -0.3 is 14.7 Å². The Morgan fingerprint density at radius 1 is 1.38 bits per heavy atom. The van der Waals surface area contributed by atoms with Gasteiger partial charge in [-0.2, -0.15) is 4.98 Å². The van der Waals surface area contributed by atoms with Crippen molar-refractivity contribution in [2.24, 2.45) is 5.92 Å². The number of piperidine rings is 2. The minimum Gasteiger partial charge on any atom is -0.341 e. The van der Waals surface area contributed by atoms with Crippen LogP contribution in [0.4, 0.5) is 0 Å². The van der Waals surface area contributed by atoms with Crippen molar-refractivity contribution >= 4 is 5.91 Å². The van der Waals surface area contributed by atoms with Gasteiger partial charge in [-0.15, -0.1) is 0 Å². The molecule has 6 nitrogen and oxygen atoms in total. The van der Waals surface area contributed by atoms with Gasteiger partial charge in [-0.1, -0.05) is 11.6 Å². The van der Waals surface area contributed by atoms with Crippen LogP contribution < -0.4 is 5.32 Å². The number of aromatic nitrogens is 2. The fourth-order valence-electron chi connectivity index (χ4n) is 3.40. The number of amides is 1. The maximum atomic E-state index is 12.6. The van der Waals surface area contributed by atoms with Crippen LogP contribution in [-0.2, 0) is 11.2 Å². The van der Waals surface area contributed by atoms with E-state index in [9.17, 15) is 4.79 Å². The van der Waals surface area contributed by atoms with Crippen molar-refractivity contribution in [3.8, 4) is 0 Å². The molecule has 2 fully saturated rings. The average Bonchev–Trinajstić information content (AvgIpc) is 2.93. The number of hydrogen-bond acceptors (Lipinski definition) is 5. The number of carbonyl (C=O) groups excluding carboxylic acids is 1. The van der Waals surface area contributed by atoms with Crippen molar-refractivity contribution in [1.82, 2.24) is 20.4 Å². The maximum Gasteiger partial charge on any atom is 0.239 e. The smallest absolute Gasteiger partial charge is 0.239 e. The molecule has 21 heavy (non-hydrogen) atoms. The summed E-state index contributed by atoms with van der Waals surface area (Å²) in [6, 6.07) is 0.0323. The Balaban J connectivity index is 1.56. The molecule has 1 aromatic heterocycles. The Labute approximate surface area is 125 Å². The predicted octanol–water partition coefficient (Wildman–Crippen LogP) is 1.30. The van der Waals surface area contributed by atoms with Crippen LogP contribution in [0.15, 0.2) is 4.52 Å². The van der Waals surface area contributed by atoms with E-state index in [1.165, 1.54) is 6.42 Å². The zero-order valence-corrected chi connectivity index (χ0v) is 12.7. The van der Waals surface area contributed by atoms with E-state index in [0.717, 1.165) is 57.6 Å². The largest absolute Gasteiger partial charge is 0.341 e. The topological polar surface area (TPSA) is 71.3 Å². The summed E-state index contributed by atoms with van der Waals surface area (Å²) in [5.41, 5.74) is 0. The summed E-state index contributed by atoms with van der Waals surface area (Å²) < 4.78 is 5.02. The first kappa shape index (κ1) is 14.5. The minimum absolute atomic E-state index is 0.0323. The predicted molar refractivity (Wildman–Crippen MR) is 77.7 cm³/mol. The molecule has 3 heterocycles. The summed E-state index contributed by atoms with van der Waals surface area (Å²) in [6.45, 7) is 4.49. The van der Waals surface area contributed by atoms with Crippen LogP contribution in [0.3, 0.4) is 0 Å². The number of carbonyl (C=O) groups is 1. The lowest BCUT2D eigenvalue weighted by Crippen LogP contribution is -2.51. The van der Waals surface area contributed by atoms with E-state index in [4.69, 9.17) is 4.52 Å². The van der Waals surface area contributed by atoms with Crippen molar-refractivity contribution in [2.75, 3.05) is 19.6 Å². The molecule has 2 saturated heterocycles. The van der Waals surface area contributed by atoms with E-state index >= 15 is 0 Å². The third-order valence-electron chi connectivity index (χ3n) is 4.48. The molecule has 1 N–H and O–H groups in total. The first-order valence-corrected chi connectivity index (χ1v) is 8.04. The molecule has 0 bridgehead atoms. The molecular weight excluding hydrogens is 268 g/mol. The molecule has 2 atom stereocenters. The zero-order chi connectivity index (χ0) is 14.7. The quantitative estimate of drug-likeness (QED) is 0.909. The van der Waals surface area contributed by atoms with Crippen molar-refractivity contribution in [2.45, 2.75) is 51.5 Å². The van der Waals surface area contributed by atoms with Gasteiger partial charge in [0.15, 0.2) is 5.82 Å². The second-order valence-electron chi connectivity index (χ2n) is 6.23. The highest BCUT2D eigenvalue weighted by molar-refractivity contribution is 5.82. The Morgan fingerprint density at radius 2 is 2.29 bits per heavy atom. The molecule has 0 saturated carbocycles. The Morgan fingerprint density at radius 3 is 3.00 bits per heavy atom. The number of hydrogen-bond donors (Lipinski definition) is 1.